The van der Waals surface area contributed by atoms with Crippen LogP contribution in [0.4, 0.5) is 17.1 Å². The number of nitrogens with zero attached hydrogens (tertiary/aromatic N) is 1. The fraction of sp³-hybridized carbons (Fsp3) is 0.167. The first kappa shape index (κ1) is 25.4. The van der Waals surface area contributed by atoms with Crippen molar-refractivity contribution in [1.29, 1.82) is 0 Å². The van der Waals surface area contributed by atoms with Crippen LogP contribution < -0.4 is 10.2 Å². The van der Waals surface area contributed by atoms with Crippen molar-refractivity contribution < 1.29 is 0 Å². The Morgan fingerprint density at radius 2 is 1.68 bits per heavy atom. The quantitative estimate of drug-likeness (QED) is 0.312. The summed E-state index contributed by atoms with van der Waals surface area (Å²) in [6, 6.07) is 28.2. The zero-order valence-corrected chi connectivity index (χ0v) is 22.6. The lowest BCUT2D eigenvalue weighted by molar-refractivity contribution is 0.806. The van der Waals surface area contributed by atoms with Gasteiger partial charge in [0, 0.05) is 28.3 Å². The number of para-hydroxylation sites is 2. The molecule has 38 heavy (non-hydrogen) atoms. The first-order chi connectivity index (χ1) is 18.7. The van der Waals surface area contributed by atoms with Crippen molar-refractivity contribution in [3.05, 3.63) is 150 Å². The van der Waals surface area contributed by atoms with E-state index in [2.05, 4.69) is 140 Å². The molecule has 3 aromatic carbocycles. The second-order valence-corrected chi connectivity index (χ2v) is 9.78. The molecular formula is C36H36N2. The molecular weight excluding hydrogens is 460 g/mol. The van der Waals surface area contributed by atoms with Gasteiger partial charge >= 0.3 is 0 Å². The third kappa shape index (κ3) is 5.50. The number of nitrogens with one attached hydrogen (secondary N) is 1. The third-order valence-electron chi connectivity index (χ3n) is 7.03. The Morgan fingerprint density at radius 1 is 0.947 bits per heavy atom. The van der Waals surface area contributed by atoms with E-state index < -0.39 is 0 Å². The predicted octanol–water partition coefficient (Wildman–Crippen LogP) is 9.86. The van der Waals surface area contributed by atoms with E-state index in [-0.39, 0.29) is 6.04 Å². The van der Waals surface area contributed by atoms with Gasteiger partial charge in [-0.25, -0.2) is 0 Å². The van der Waals surface area contributed by atoms with Crippen LogP contribution in [0.5, 0.6) is 0 Å². The van der Waals surface area contributed by atoms with E-state index in [1.165, 1.54) is 39.2 Å². The van der Waals surface area contributed by atoms with Crippen LogP contribution in [0.15, 0.2) is 139 Å². The van der Waals surface area contributed by atoms with Gasteiger partial charge in [0.15, 0.2) is 0 Å². The summed E-state index contributed by atoms with van der Waals surface area (Å²) in [5, 5.41) is 3.48. The van der Waals surface area contributed by atoms with E-state index in [4.69, 9.17) is 0 Å². The second kappa shape index (κ2) is 11.8. The lowest BCUT2D eigenvalue weighted by Gasteiger charge is -2.30. The summed E-state index contributed by atoms with van der Waals surface area (Å²) in [6.45, 7) is 6.42. The number of fused-ring (bicyclic) bond motifs is 3. The molecule has 0 radical (unpaired) electrons. The van der Waals surface area contributed by atoms with Crippen LogP contribution in [-0.2, 0) is 0 Å². The number of hydrogen-bond acceptors (Lipinski definition) is 2. The van der Waals surface area contributed by atoms with E-state index in [1.54, 1.807) is 0 Å². The average Bonchev–Trinajstić information content (AvgIpc) is 3.29. The van der Waals surface area contributed by atoms with Crippen LogP contribution in [-0.4, -0.2) is 6.04 Å². The maximum atomic E-state index is 3.48. The number of anilines is 3. The van der Waals surface area contributed by atoms with Gasteiger partial charge in [-0.15, -0.1) is 0 Å². The molecule has 190 valence electrons. The van der Waals surface area contributed by atoms with Gasteiger partial charge in [-0.2, -0.15) is 0 Å². The van der Waals surface area contributed by atoms with Crippen molar-refractivity contribution in [2.45, 2.75) is 39.7 Å². The van der Waals surface area contributed by atoms with Gasteiger partial charge in [0.25, 0.3) is 0 Å². The lowest BCUT2D eigenvalue weighted by atomic mass is 9.89. The minimum Gasteiger partial charge on any atom is -0.356 e. The van der Waals surface area contributed by atoms with Crippen LogP contribution in [0.25, 0.3) is 11.1 Å². The van der Waals surface area contributed by atoms with Gasteiger partial charge in [0.2, 0.25) is 0 Å². The highest BCUT2D eigenvalue weighted by Crippen LogP contribution is 2.47. The molecule has 5 rings (SSSR count). The summed E-state index contributed by atoms with van der Waals surface area (Å²) in [4.78, 5) is 2.53. The fourth-order valence-electron chi connectivity index (χ4n) is 5.21. The minimum absolute atomic E-state index is 0.289. The largest absolute Gasteiger partial charge is 0.356 e. The smallest absolute Gasteiger partial charge is 0.0633 e. The topological polar surface area (TPSA) is 15.3 Å². The molecule has 1 aliphatic heterocycles. The molecule has 3 aromatic rings. The van der Waals surface area contributed by atoms with E-state index >= 15 is 0 Å². The number of allylic oxidation sites excluding steroid dienone is 9. The number of rotatable bonds is 8. The van der Waals surface area contributed by atoms with Crippen molar-refractivity contribution in [1.82, 2.24) is 0 Å². The highest BCUT2D eigenvalue weighted by atomic mass is 15.2. The summed E-state index contributed by atoms with van der Waals surface area (Å²) in [5.41, 5.74) is 11.2. The Bertz CT molecular complexity index is 1450. The molecule has 1 unspecified atom stereocenters. The van der Waals surface area contributed by atoms with E-state index in [0.29, 0.717) is 0 Å². The van der Waals surface area contributed by atoms with E-state index in [0.717, 1.165) is 24.2 Å². The maximum Gasteiger partial charge on any atom is 0.0633 e. The lowest BCUT2D eigenvalue weighted by Crippen LogP contribution is -2.31. The highest BCUT2D eigenvalue weighted by molar-refractivity contribution is 5.97. The SMILES string of the molecule is C\C=C/C=C(C)/C=C(/C=C\CC)N1c2ccccc2C2=CC(c3ccc(Nc4ccccc4)cc3)=CCC21. The Labute approximate surface area is 227 Å². The second-order valence-electron chi connectivity index (χ2n) is 9.78. The fourth-order valence-corrected chi connectivity index (χ4v) is 5.21. The molecule has 0 spiro atoms. The Hall–Kier alpha value is -4.30. The Balaban J connectivity index is 1.46. The van der Waals surface area contributed by atoms with Crippen molar-refractivity contribution in [3.8, 4) is 0 Å². The number of hydrogen-bond donors (Lipinski definition) is 1. The molecule has 1 aliphatic carbocycles. The van der Waals surface area contributed by atoms with Gasteiger partial charge in [-0.05, 0) is 97.5 Å². The van der Waals surface area contributed by atoms with Crippen molar-refractivity contribution in [2.24, 2.45) is 0 Å². The average molecular weight is 497 g/mol. The zero-order chi connectivity index (χ0) is 26.3. The zero-order valence-electron chi connectivity index (χ0n) is 22.6. The van der Waals surface area contributed by atoms with Gasteiger partial charge < -0.3 is 10.2 Å². The van der Waals surface area contributed by atoms with Gasteiger partial charge in [0.1, 0.15) is 0 Å². The summed E-state index contributed by atoms with van der Waals surface area (Å²) in [5.74, 6) is 0. The normalized spacial score (nSPS) is 17.4. The highest BCUT2D eigenvalue weighted by Gasteiger charge is 2.36. The van der Waals surface area contributed by atoms with Crippen LogP contribution in [0.1, 0.15) is 44.7 Å². The molecule has 0 saturated carbocycles. The first-order valence-electron chi connectivity index (χ1n) is 13.6. The summed E-state index contributed by atoms with van der Waals surface area (Å²) >= 11 is 0. The summed E-state index contributed by atoms with van der Waals surface area (Å²) in [6.07, 6.45) is 20.0. The molecule has 2 aliphatic rings. The molecule has 0 aromatic heterocycles. The molecule has 2 heteroatoms. The Kier molecular flexibility index (Phi) is 7.89. The maximum absolute atomic E-state index is 3.48. The third-order valence-corrected chi connectivity index (χ3v) is 7.03. The van der Waals surface area contributed by atoms with E-state index in [9.17, 15) is 0 Å². The molecule has 0 saturated heterocycles. The number of benzene rings is 3. The molecule has 1 heterocycles. The minimum atomic E-state index is 0.289. The standard InChI is InChI=1S/C36H36N2/c1-4-6-13-27(3)25-32(16-7-5-2)38-35-18-12-11-17-33(35)34-26-29(21-24-36(34)38)28-19-22-31(23-20-28)37-30-14-9-8-10-15-30/h4,6-23,25-26,36-37H,5,24H2,1-3H3/b6-4-,16-7-,27-13+,32-25-. The van der Waals surface area contributed by atoms with Crippen molar-refractivity contribution in [3.63, 3.8) is 0 Å². The monoisotopic (exact) mass is 496 g/mol. The van der Waals surface area contributed by atoms with E-state index in [1.807, 2.05) is 18.2 Å². The van der Waals surface area contributed by atoms with Crippen molar-refractivity contribution >= 4 is 28.2 Å². The molecule has 1 N–H and O–H groups in total. The molecule has 0 amide bonds. The molecule has 0 fully saturated rings. The van der Waals surface area contributed by atoms with Gasteiger partial charge in [0.05, 0.1) is 6.04 Å². The molecule has 0 bridgehead atoms. The van der Waals surface area contributed by atoms with Crippen LogP contribution in [0, 0.1) is 0 Å². The summed E-state index contributed by atoms with van der Waals surface area (Å²) in [7, 11) is 0. The molecule has 1 atom stereocenters. The van der Waals surface area contributed by atoms with Crippen LogP contribution in [0.2, 0.25) is 0 Å². The summed E-state index contributed by atoms with van der Waals surface area (Å²) < 4.78 is 0. The van der Waals surface area contributed by atoms with Gasteiger partial charge in [-0.3, -0.25) is 0 Å². The van der Waals surface area contributed by atoms with Gasteiger partial charge in [-0.1, -0.05) is 85.8 Å². The Morgan fingerprint density at radius 3 is 2.45 bits per heavy atom. The van der Waals surface area contributed by atoms with Crippen LogP contribution in [0.3, 0.4) is 0 Å². The molecule has 2 nitrogen and oxygen atoms in total. The first-order valence-corrected chi connectivity index (χ1v) is 13.6. The van der Waals surface area contributed by atoms with Crippen LogP contribution >= 0.6 is 0 Å². The predicted molar refractivity (Wildman–Crippen MR) is 166 cm³/mol. The van der Waals surface area contributed by atoms with Crippen molar-refractivity contribution in [2.75, 3.05) is 10.2 Å².